The van der Waals surface area contributed by atoms with Crippen molar-refractivity contribution in [3.63, 3.8) is 0 Å². The third-order valence-electron chi connectivity index (χ3n) is 4.82. The summed E-state index contributed by atoms with van der Waals surface area (Å²) < 4.78 is 58.5. The molecule has 0 aliphatic rings. The number of alkyl halides is 3. The fraction of sp³-hybridized carbons (Fsp3) is 0.417. The predicted octanol–water partition coefficient (Wildman–Crippen LogP) is 4.90. The van der Waals surface area contributed by atoms with Crippen molar-refractivity contribution in [2.45, 2.75) is 57.9 Å². The fourth-order valence-electron chi connectivity index (χ4n) is 3.12. The van der Waals surface area contributed by atoms with E-state index in [1.807, 2.05) is 6.92 Å². The third-order valence-corrected chi connectivity index (χ3v) is 5.38. The van der Waals surface area contributed by atoms with E-state index in [1.165, 1.54) is 24.4 Å². The normalized spacial score (nSPS) is 12.9. The van der Waals surface area contributed by atoms with Gasteiger partial charge in [-0.15, -0.1) is 0 Å². The average molecular weight is 530 g/mol. The minimum atomic E-state index is -4.44. The van der Waals surface area contributed by atoms with E-state index in [-0.39, 0.29) is 18.3 Å². The van der Waals surface area contributed by atoms with Gasteiger partial charge in [-0.1, -0.05) is 38.0 Å². The Morgan fingerprint density at radius 3 is 2.50 bits per heavy atom. The third kappa shape index (κ3) is 12.7. The van der Waals surface area contributed by atoms with Crippen LogP contribution in [0.1, 0.15) is 43.9 Å². The van der Waals surface area contributed by atoms with Gasteiger partial charge in [0.15, 0.2) is 6.61 Å². The Morgan fingerprint density at radius 2 is 1.86 bits per heavy atom. The lowest BCUT2D eigenvalue weighted by atomic mass is 10.1. The summed E-state index contributed by atoms with van der Waals surface area (Å²) in [5.41, 5.74) is 1.17. The van der Waals surface area contributed by atoms with E-state index in [1.54, 1.807) is 24.3 Å². The monoisotopic (exact) mass is 530 g/mol. The Morgan fingerprint density at radius 1 is 1.14 bits per heavy atom. The van der Waals surface area contributed by atoms with E-state index in [0.29, 0.717) is 24.3 Å². The van der Waals surface area contributed by atoms with Gasteiger partial charge < -0.3 is 24.6 Å². The number of hydrogen-bond donors (Lipinski definition) is 3. The van der Waals surface area contributed by atoms with Gasteiger partial charge in [-0.2, -0.15) is 13.2 Å². The van der Waals surface area contributed by atoms with Gasteiger partial charge in [0.05, 0.1) is 11.7 Å². The molecule has 0 radical (unpaired) electrons. The van der Waals surface area contributed by atoms with E-state index in [4.69, 9.17) is 19.3 Å². The second-order valence-corrected chi connectivity index (χ2v) is 9.56. The zero-order chi connectivity index (χ0) is 26.6. The van der Waals surface area contributed by atoms with Crippen molar-refractivity contribution in [2.24, 2.45) is 0 Å². The Kier molecular flexibility index (Phi) is 11.4. The zero-order valence-electron chi connectivity index (χ0n) is 19.8. The van der Waals surface area contributed by atoms with Crippen LogP contribution in [0.25, 0.3) is 0 Å². The summed E-state index contributed by atoms with van der Waals surface area (Å²) in [7, 11) is -4.38. The molecule has 2 rings (SSSR count). The van der Waals surface area contributed by atoms with Crippen molar-refractivity contribution in [1.82, 2.24) is 10.3 Å². The first-order valence-electron chi connectivity index (χ1n) is 11.3. The number of benzene rings is 1. The SMILES string of the molecule is CCCCCC(=O)NC(C=CP(=O)(O)O)Cc1ccc(OCc2cc(OCC(F)(F)F)ccn2)cc1. The number of ether oxygens (including phenoxy) is 2. The minimum absolute atomic E-state index is 0.00400. The number of nitrogens with one attached hydrogen (secondary N) is 1. The van der Waals surface area contributed by atoms with Crippen molar-refractivity contribution < 1.29 is 41.8 Å². The van der Waals surface area contributed by atoms with Crippen LogP contribution in [0.5, 0.6) is 11.5 Å². The number of carbonyl (C=O) groups is 1. The molecule has 8 nitrogen and oxygen atoms in total. The van der Waals surface area contributed by atoms with Crippen molar-refractivity contribution >= 4 is 13.5 Å². The molecule has 1 heterocycles. The number of carbonyl (C=O) groups excluding carboxylic acids is 1. The van der Waals surface area contributed by atoms with Gasteiger partial charge in [0, 0.05) is 24.5 Å². The van der Waals surface area contributed by atoms with Gasteiger partial charge in [-0.25, -0.2) is 0 Å². The highest BCUT2D eigenvalue weighted by Crippen LogP contribution is 2.36. The van der Waals surface area contributed by atoms with Crippen LogP contribution in [0, 0.1) is 0 Å². The quantitative estimate of drug-likeness (QED) is 0.235. The molecule has 0 bridgehead atoms. The van der Waals surface area contributed by atoms with Crippen LogP contribution in [0.3, 0.4) is 0 Å². The Hall–Kier alpha value is -2.88. The molecule has 0 spiro atoms. The number of pyridine rings is 1. The second kappa shape index (κ2) is 14.0. The number of hydrogen-bond acceptors (Lipinski definition) is 5. The van der Waals surface area contributed by atoms with E-state index < -0.39 is 26.4 Å². The molecule has 1 aromatic heterocycles. The van der Waals surface area contributed by atoms with Crippen LogP contribution in [-0.4, -0.2) is 39.5 Å². The molecule has 1 atom stereocenters. The largest absolute Gasteiger partial charge is 0.487 e. The van der Waals surface area contributed by atoms with Gasteiger partial charge in [-0.3, -0.25) is 14.3 Å². The number of halogens is 3. The number of aromatic nitrogens is 1. The highest BCUT2D eigenvalue weighted by atomic mass is 31.2. The molecule has 0 aliphatic carbocycles. The van der Waals surface area contributed by atoms with E-state index in [9.17, 15) is 22.5 Å². The number of nitrogens with zero attached hydrogens (tertiary/aromatic N) is 1. The first-order chi connectivity index (χ1) is 16.9. The van der Waals surface area contributed by atoms with E-state index in [0.717, 1.165) is 30.6 Å². The molecule has 12 heteroatoms. The molecule has 3 N–H and O–H groups in total. The number of rotatable bonds is 14. The summed E-state index contributed by atoms with van der Waals surface area (Å²) in [5, 5.41) is 2.79. The molecule has 0 saturated carbocycles. The lowest BCUT2D eigenvalue weighted by Gasteiger charge is -2.16. The van der Waals surface area contributed by atoms with Crippen LogP contribution in [-0.2, 0) is 22.4 Å². The maximum absolute atomic E-state index is 12.3. The van der Waals surface area contributed by atoms with Crippen LogP contribution >= 0.6 is 7.60 Å². The second-order valence-electron chi connectivity index (χ2n) is 8.09. The molecule has 36 heavy (non-hydrogen) atoms. The summed E-state index contributed by atoms with van der Waals surface area (Å²) >= 11 is 0. The first-order valence-corrected chi connectivity index (χ1v) is 13.0. The van der Waals surface area contributed by atoms with Crippen LogP contribution in [0.4, 0.5) is 13.2 Å². The van der Waals surface area contributed by atoms with Gasteiger partial charge in [0.25, 0.3) is 0 Å². The minimum Gasteiger partial charge on any atom is -0.487 e. The van der Waals surface area contributed by atoms with Crippen molar-refractivity contribution in [2.75, 3.05) is 6.61 Å². The summed E-state index contributed by atoms with van der Waals surface area (Å²) in [6.45, 7) is 0.629. The standard InChI is InChI=1S/C24H30F3N2O6P/c1-2-3-4-5-23(30)29-19(11-13-36(31,32)33)14-18-6-8-21(9-7-18)34-16-20-15-22(10-12-28-20)35-17-24(25,26)27/h6-13,15,19H,2-5,14,16-17H2,1H3,(H,29,30)(H2,31,32,33). The molecule has 1 aromatic carbocycles. The van der Waals surface area contributed by atoms with Gasteiger partial charge in [0.2, 0.25) is 5.91 Å². The zero-order valence-corrected chi connectivity index (χ0v) is 20.7. The molecular weight excluding hydrogens is 500 g/mol. The molecule has 1 unspecified atom stereocenters. The van der Waals surface area contributed by atoms with Crippen molar-refractivity contribution in [3.05, 3.63) is 65.7 Å². The maximum atomic E-state index is 12.3. The van der Waals surface area contributed by atoms with Gasteiger partial charge >= 0.3 is 13.8 Å². The van der Waals surface area contributed by atoms with Gasteiger partial charge in [0.1, 0.15) is 18.1 Å². The molecule has 2 aromatic rings. The molecule has 0 aliphatic heterocycles. The fourth-order valence-corrected chi connectivity index (χ4v) is 3.55. The molecule has 0 fully saturated rings. The van der Waals surface area contributed by atoms with Crippen LogP contribution in [0.2, 0.25) is 0 Å². The Bertz CT molecular complexity index is 1040. The van der Waals surface area contributed by atoms with Crippen molar-refractivity contribution in [3.8, 4) is 11.5 Å². The Labute approximate surface area is 207 Å². The number of unbranched alkanes of at least 4 members (excludes halogenated alkanes) is 2. The molecule has 0 saturated heterocycles. The number of amides is 1. The topological polar surface area (TPSA) is 118 Å². The van der Waals surface area contributed by atoms with E-state index in [2.05, 4.69) is 10.3 Å². The smallest absolute Gasteiger partial charge is 0.422 e. The molecule has 1 amide bonds. The van der Waals surface area contributed by atoms with E-state index >= 15 is 0 Å². The highest BCUT2D eigenvalue weighted by molar-refractivity contribution is 7.55. The highest BCUT2D eigenvalue weighted by Gasteiger charge is 2.28. The summed E-state index contributed by atoms with van der Waals surface area (Å²) in [4.78, 5) is 34.5. The van der Waals surface area contributed by atoms with Crippen molar-refractivity contribution in [1.29, 1.82) is 0 Å². The summed E-state index contributed by atoms with van der Waals surface area (Å²) in [6.07, 6.45) is 1.43. The van der Waals surface area contributed by atoms with Crippen LogP contribution in [0.15, 0.2) is 54.5 Å². The molecule has 198 valence electrons. The molecular formula is C24H30F3N2O6P. The lowest BCUT2D eigenvalue weighted by molar-refractivity contribution is -0.153. The predicted molar refractivity (Wildman–Crippen MR) is 128 cm³/mol. The van der Waals surface area contributed by atoms with Crippen LogP contribution < -0.4 is 14.8 Å². The lowest BCUT2D eigenvalue weighted by Crippen LogP contribution is -2.34. The summed E-state index contributed by atoms with van der Waals surface area (Å²) in [6, 6.07) is 8.91. The summed E-state index contributed by atoms with van der Waals surface area (Å²) in [5.74, 6) is 1.09. The van der Waals surface area contributed by atoms with Gasteiger partial charge in [-0.05, 0) is 36.6 Å². The maximum Gasteiger partial charge on any atom is 0.422 e. The Balaban J connectivity index is 1.96. The average Bonchev–Trinajstić information content (AvgIpc) is 2.80. The first kappa shape index (κ1) is 29.4.